The third-order valence-electron chi connectivity index (χ3n) is 3.76. The van der Waals surface area contributed by atoms with Crippen LogP contribution >= 0.6 is 11.6 Å². The van der Waals surface area contributed by atoms with Crippen molar-refractivity contribution >= 4 is 33.5 Å². The van der Waals surface area contributed by atoms with E-state index in [0.29, 0.717) is 29.7 Å². The third kappa shape index (κ3) is 2.99. The smallest absolute Gasteiger partial charge is 0.268 e. The zero-order valence-electron chi connectivity index (χ0n) is 13.6. The van der Waals surface area contributed by atoms with E-state index in [9.17, 15) is 5.21 Å². The van der Waals surface area contributed by atoms with Crippen LogP contribution in [0.5, 0.6) is 0 Å². The summed E-state index contributed by atoms with van der Waals surface area (Å²) in [4.78, 5) is 4.66. The Morgan fingerprint density at radius 1 is 1.39 bits per heavy atom. The first-order valence-electron chi connectivity index (χ1n) is 7.81. The highest BCUT2D eigenvalue weighted by atomic mass is 35.5. The monoisotopic (exact) mass is 334 g/mol. The molecule has 3 aromatic rings. The standard InChI is InChI=1S/C17H21ClN3O2/c1-4-23-10-16-19-14-9-21(22)15-7-12(18)5-6-13(15)17(14)20(16)8-11(2)3/h5-7,9,11,22H,4,8,10H2,1-3H3/q+1. The van der Waals surface area contributed by atoms with Gasteiger partial charge in [-0.1, -0.05) is 25.4 Å². The highest BCUT2D eigenvalue weighted by Gasteiger charge is 2.21. The Bertz CT molecular complexity index is 858. The van der Waals surface area contributed by atoms with Crippen molar-refractivity contribution in [2.24, 2.45) is 5.92 Å². The molecule has 0 amide bonds. The molecule has 0 unspecified atom stereocenters. The predicted molar refractivity (Wildman–Crippen MR) is 89.8 cm³/mol. The summed E-state index contributed by atoms with van der Waals surface area (Å²) in [5.74, 6) is 1.34. The van der Waals surface area contributed by atoms with Gasteiger partial charge in [0.05, 0.1) is 10.9 Å². The maximum absolute atomic E-state index is 10.2. The summed E-state index contributed by atoms with van der Waals surface area (Å²) in [6.07, 6.45) is 1.63. The van der Waals surface area contributed by atoms with E-state index in [2.05, 4.69) is 23.4 Å². The van der Waals surface area contributed by atoms with Gasteiger partial charge in [0.1, 0.15) is 12.4 Å². The number of hydrogen-bond donors (Lipinski definition) is 1. The van der Waals surface area contributed by atoms with Crippen LogP contribution < -0.4 is 4.73 Å². The lowest BCUT2D eigenvalue weighted by molar-refractivity contribution is -0.883. The number of halogens is 1. The molecule has 0 saturated carbocycles. The van der Waals surface area contributed by atoms with Gasteiger partial charge in [0.2, 0.25) is 0 Å². The van der Waals surface area contributed by atoms with Gasteiger partial charge in [-0.15, -0.1) is 0 Å². The summed E-state index contributed by atoms with van der Waals surface area (Å²) in [6, 6.07) is 5.51. The van der Waals surface area contributed by atoms with E-state index in [1.54, 1.807) is 12.3 Å². The van der Waals surface area contributed by atoms with Crippen molar-refractivity contribution in [1.29, 1.82) is 0 Å². The molecule has 2 heterocycles. The SMILES string of the molecule is CCOCc1nc2c[n+](O)c3cc(Cl)ccc3c2n1CC(C)C. The zero-order valence-corrected chi connectivity index (χ0v) is 14.3. The van der Waals surface area contributed by atoms with Crippen LogP contribution in [0.4, 0.5) is 0 Å². The number of aromatic nitrogens is 3. The second kappa shape index (κ2) is 6.34. The Labute approximate surface area is 140 Å². The molecule has 0 aliphatic carbocycles. The van der Waals surface area contributed by atoms with Crippen LogP contribution in [0.1, 0.15) is 26.6 Å². The molecule has 2 aromatic heterocycles. The molecule has 1 N–H and O–H groups in total. The number of pyridine rings is 1. The molecule has 3 rings (SSSR count). The molecule has 6 heteroatoms. The molecule has 0 fully saturated rings. The van der Waals surface area contributed by atoms with Gasteiger partial charge in [0.25, 0.3) is 11.7 Å². The number of imidazole rings is 1. The van der Waals surface area contributed by atoms with Gasteiger partial charge in [-0.2, -0.15) is 0 Å². The van der Waals surface area contributed by atoms with Gasteiger partial charge < -0.3 is 9.30 Å². The normalized spacial score (nSPS) is 11.9. The molecule has 122 valence electrons. The van der Waals surface area contributed by atoms with Crippen LogP contribution in [-0.4, -0.2) is 21.4 Å². The quantitative estimate of drug-likeness (QED) is 0.573. The number of ether oxygens (including phenoxy) is 1. The molecule has 0 aliphatic heterocycles. The lowest BCUT2D eigenvalue weighted by atomic mass is 10.1. The maximum atomic E-state index is 10.2. The van der Waals surface area contributed by atoms with E-state index in [0.717, 1.165) is 33.5 Å². The molecular formula is C17H21ClN3O2+. The van der Waals surface area contributed by atoms with Crippen molar-refractivity contribution in [2.75, 3.05) is 6.61 Å². The van der Waals surface area contributed by atoms with Crippen molar-refractivity contribution < 1.29 is 14.7 Å². The van der Waals surface area contributed by atoms with Crippen LogP contribution in [0.15, 0.2) is 24.4 Å². The molecular weight excluding hydrogens is 314 g/mol. The van der Waals surface area contributed by atoms with E-state index < -0.39 is 0 Å². The molecule has 1 aromatic carbocycles. The van der Waals surface area contributed by atoms with Gasteiger partial charge in [-0.25, -0.2) is 4.98 Å². The molecule has 5 nitrogen and oxygen atoms in total. The van der Waals surface area contributed by atoms with Gasteiger partial charge in [0.15, 0.2) is 5.52 Å². The van der Waals surface area contributed by atoms with Gasteiger partial charge in [0, 0.05) is 29.0 Å². The van der Waals surface area contributed by atoms with Crippen molar-refractivity contribution in [3.8, 4) is 0 Å². The van der Waals surface area contributed by atoms with E-state index >= 15 is 0 Å². The lowest BCUT2D eigenvalue weighted by Crippen LogP contribution is -2.30. The lowest BCUT2D eigenvalue weighted by Gasteiger charge is -2.12. The van der Waals surface area contributed by atoms with Crippen molar-refractivity contribution in [2.45, 2.75) is 33.9 Å². The molecule has 0 atom stereocenters. The van der Waals surface area contributed by atoms with E-state index in [1.807, 2.05) is 19.1 Å². The fourth-order valence-corrected chi connectivity index (χ4v) is 3.00. The van der Waals surface area contributed by atoms with Crippen LogP contribution in [0.3, 0.4) is 0 Å². The first kappa shape index (κ1) is 16.0. The highest BCUT2D eigenvalue weighted by Crippen LogP contribution is 2.27. The fraction of sp³-hybridized carbons (Fsp3) is 0.412. The summed E-state index contributed by atoms with van der Waals surface area (Å²) < 4.78 is 8.83. The molecule has 0 saturated heterocycles. The molecule has 0 spiro atoms. The van der Waals surface area contributed by atoms with Crippen LogP contribution in [0.25, 0.3) is 21.9 Å². The Morgan fingerprint density at radius 2 is 2.17 bits per heavy atom. The zero-order chi connectivity index (χ0) is 16.6. The topological polar surface area (TPSA) is 51.2 Å². The van der Waals surface area contributed by atoms with E-state index in [1.165, 1.54) is 0 Å². The first-order valence-corrected chi connectivity index (χ1v) is 8.19. The number of rotatable bonds is 5. The van der Waals surface area contributed by atoms with Crippen LogP contribution in [-0.2, 0) is 17.9 Å². The predicted octanol–water partition coefficient (Wildman–Crippen LogP) is 3.56. The summed E-state index contributed by atoms with van der Waals surface area (Å²) in [7, 11) is 0. The molecule has 0 radical (unpaired) electrons. The van der Waals surface area contributed by atoms with E-state index in [-0.39, 0.29) is 0 Å². The average molecular weight is 335 g/mol. The van der Waals surface area contributed by atoms with Gasteiger partial charge in [-0.05, 0) is 25.0 Å². The van der Waals surface area contributed by atoms with Gasteiger partial charge >= 0.3 is 0 Å². The molecule has 23 heavy (non-hydrogen) atoms. The van der Waals surface area contributed by atoms with E-state index in [4.69, 9.17) is 16.3 Å². The van der Waals surface area contributed by atoms with Crippen LogP contribution in [0.2, 0.25) is 5.02 Å². The first-order chi connectivity index (χ1) is 11.0. The third-order valence-corrected chi connectivity index (χ3v) is 4.00. The van der Waals surface area contributed by atoms with Crippen molar-refractivity contribution in [3.63, 3.8) is 0 Å². The summed E-state index contributed by atoms with van der Waals surface area (Å²) in [6.45, 7) is 8.25. The average Bonchev–Trinajstić information content (AvgIpc) is 2.82. The number of fused-ring (bicyclic) bond motifs is 3. The summed E-state index contributed by atoms with van der Waals surface area (Å²) in [5, 5.41) is 11.7. The Balaban J connectivity index is 2.32. The second-order valence-corrected chi connectivity index (χ2v) is 6.48. The number of nitrogens with zero attached hydrogens (tertiary/aromatic N) is 3. The number of hydrogen-bond acceptors (Lipinski definition) is 3. The minimum absolute atomic E-state index is 0.457. The summed E-state index contributed by atoms with van der Waals surface area (Å²) in [5.41, 5.74) is 2.42. The number of benzene rings is 1. The minimum Gasteiger partial charge on any atom is -0.374 e. The second-order valence-electron chi connectivity index (χ2n) is 6.04. The fourth-order valence-electron chi connectivity index (χ4n) is 2.84. The minimum atomic E-state index is 0.457. The highest BCUT2D eigenvalue weighted by molar-refractivity contribution is 6.31. The van der Waals surface area contributed by atoms with Crippen molar-refractivity contribution in [1.82, 2.24) is 9.55 Å². The van der Waals surface area contributed by atoms with Gasteiger partial charge in [-0.3, -0.25) is 5.21 Å². The Kier molecular flexibility index (Phi) is 4.41. The largest absolute Gasteiger partial charge is 0.374 e. The Morgan fingerprint density at radius 3 is 2.87 bits per heavy atom. The molecule has 0 aliphatic rings. The molecule has 0 bridgehead atoms. The van der Waals surface area contributed by atoms with Crippen molar-refractivity contribution in [3.05, 3.63) is 35.2 Å². The maximum Gasteiger partial charge on any atom is 0.268 e. The summed E-state index contributed by atoms with van der Waals surface area (Å²) >= 11 is 6.07. The Hall–Kier alpha value is -1.85. The van der Waals surface area contributed by atoms with Crippen LogP contribution in [0, 0.1) is 5.92 Å².